The van der Waals surface area contributed by atoms with Crippen LogP contribution in [-0.4, -0.2) is 24.4 Å². The Bertz CT molecular complexity index is 400. The van der Waals surface area contributed by atoms with Gasteiger partial charge in [0, 0.05) is 12.3 Å². The van der Waals surface area contributed by atoms with Gasteiger partial charge in [-0.05, 0) is 38.3 Å². The second kappa shape index (κ2) is 8.05. The smallest absolute Gasteiger partial charge is 0.220 e. The largest absolute Gasteiger partial charge is 0.488 e. The predicted molar refractivity (Wildman–Crippen MR) is 79.0 cm³/mol. The van der Waals surface area contributed by atoms with Crippen molar-refractivity contribution in [3.8, 4) is 5.75 Å². The van der Waals surface area contributed by atoms with Gasteiger partial charge in [-0.1, -0.05) is 18.2 Å². The van der Waals surface area contributed by atoms with E-state index in [0.717, 1.165) is 16.9 Å². The van der Waals surface area contributed by atoms with Crippen LogP contribution >= 0.6 is 11.6 Å². The first-order chi connectivity index (χ1) is 9.04. The van der Waals surface area contributed by atoms with Gasteiger partial charge >= 0.3 is 0 Å². The number of hydrogen-bond donors (Lipinski definition) is 1. The van der Waals surface area contributed by atoms with E-state index in [0.29, 0.717) is 25.3 Å². The summed E-state index contributed by atoms with van der Waals surface area (Å²) < 4.78 is 5.89. The Hall–Kier alpha value is -1.22. The highest BCUT2D eigenvalue weighted by atomic mass is 35.5. The molecule has 0 spiro atoms. The van der Waals surface area contributed by atoms with Crippen LogP contribution < -0.4 is 10.1 Å². The number of benzene rings is 1. The van der Waals surface area contributed by atoms with Gasteiger partial charge in [0.1, 0.15) is 11.9 Å². The van der Waals surface area contributed by atoms with Gasteiger partial charge in [0.25, 0.3) is 0 Å². The van der Waals surface area contributed by atoms with Crippen LogP contribution in [0.25, 0.3) is 0 Å². The molecule has 1 aromatic carbocycles. The van der Waals surface area contributed by atoms with Crippen molar-refractivity contribution >= 4 is 17.5 Å². The van der Waals surface area contributed by atoms with Crippen molar-refractivity contribution < 1.29 is 9.53 Å². The van der Waals surface area contributed by atoms with Gasteiger partial charge in [0.05, 0.1) is 6.54 Å². The number of nitrogens with one attached hydrogen (secondary N) is 1. The summed E-state index contributed by atoms with van der Waals surface area (Å²) in [6, 6.07) is 6.05. The number of carbonyl (C=O) groups is 1. The molecule has 0 saturated carbocycles. The fourth-order valence-corrected chi connectivity index (χ4v) is 1.93. The molecular formula is C15H22ClNO2. The lowest BCUT2D eigenvalue weighted by atomic mass is 10.1. The molecule has 1 rings (SSSR count). The summed E-state index contributed by atoms with van der Waals surface area (Å²) in [4.78, 5) is 11.5. The Kier molecular flexibility index (Phi) is 6.71. The van der Waals surface area contributed by atoms with Crippen molar-refractivity contribution in [3.05, 3.63) is 29.3 Å². The molecule has 1 aromatic rings. The molecule has 0 aliphatic carbocycles. The SMILES string of the molecule is Cc1cccc(C)c1OC(C)CNC(=O)CCCCl. The van der Waals surface area contributed by atoms with E-state index in [-0.39, 0.29) is 12.0 Å². The Labute approximate surface area is 120 Å². The maximum absolute atomic E-state index is 11.5. The highest BCUT2D eigenvalue weighted by Gasteiger charge is 2.10. The Morgan fingerprint density at radius 2 is 2.00 bits per heavy atom. The molecule has 106 valence electrons. The van der Waals surface area contributed by atoms with Crippen LogP contribution in [0, 0.1) is 13.8 Å². The number of aryl methyl sites for hydroxylation is 2. The summed E-state index contributed by atoms with van der Waals surface area (Å²) in [6.07, 6.45) is 1.12. The first-order valence-electron chi connectivity index (χ1n) is 6.60. The van der Waals surface area contributed by atoms with Crippen LogP contribution in [0.5, 0.6) is 5.75 Å². The molecule has 0 saturated heterocycles. The number of rotatable bonds is 7. The third kappa shape index (κ3) is 5.52. The highest BCUT2D eigenvalue weighted by molar-refractivity contribution is 6.17. The topological polar surface area (TPSA) is 38.3 Å². The lowest BCUT2D eigenvalue weighted by molar-refractivity contribution is -0.121. The summed E-state index contributed by atoms with van der Waals surface area (Å²) in [5, 5.41) is 2.85. The molecule has 0 fully saturated rings. The molecule has 1 N–H and O–H groups in total. The first-order valence-corrected chi connectivity index (χ1v) is 7.13. The molecule has 0 aliphatic heterocycles. The van der Waals surface area contributed by atoms with Gasteiger partial charge in [-0.2, -0.15) is 0 Å². The molecule has 0 aliphatic rings. The molecule has 0 bridgehead atoms. The van der Waals surface area contributed by atoms with Gasteiger partial charge in [0.15, 0.2) is 0 Å². The molecule has 0 aromatic heterocycles. The minimum Gasteiger partial charge on any atom is -0.488 e. The Balaban J connectivity index is 2.43. The van der Waals surface area contributed by atoms with Crippen LogP contribution in [0.1, 0.15) is 30.9 Å². The zero-order valence-electron chi connectivity index (χ0n) is 11.8. The van der Waals surface area contributed by atoms with Gasteiger partial charge in [-0.3, -0.25) is 4.79 Å². The molecular weight excluding hydrogens is 262 g/mol. The lowest BCUT2D eigenvalue weighted by Gasteiger charge is -2.18. The van der Waals surface area contributed by atoms with E-state index in [1.807, 2.05) is 39.0 Å². The van der Waals surface area contributed by atoms with Gasteiger partial charge in [-0.15, -0.1) is 11.6 Å². The van der Waals surface area contributed by atoms with E-state index >= 15 is 0 Å². The average molecular weight is 284 g/mol. The Morgan fingerprint density at radius 3 is 2.58 bits per heavy atom. The van der Waals surface area contributed by atoms with E-state index in [1.54, 1.807) is 0 Å². The lowest BCUT2D eigenvalue weighted by Crippen LogP contribution is -2.33. The summed E-state index contributed by atoms with van der Waals surface area (Å²) >= 11 is 5.55. The molecule has 1 amide bonds. The third-order valence-corrected chi connectivity index (χ3v) is 3.12. The number of alkyl halides is 1. The van der Waals surface area contributed by atoms with Crippen molar-refractivity contribution in [2.24, 2.45) is 0 Å². The van der Waals surface area contributed by atoms with E-state index in [4.69, 9.17) is 16.3 Å². The van der Waals surface area contributed by atoms with Crippen molar-refractivity contribution in [2.45, 2.75) is 39.7 Å². The van der Waals surface area contributed by atoms with Crippen LogP contribution in [0.2, 0.25) is 0 Å². The van der Waals surface area contributed by atoms with Crippen LogP contribution in [-0.2, 0) is 4.79 Å². The molecule has 1 atom stereocenters. The number of hydrogen-bond acceptors (Lipinski definition) is 2. The standard InChI is InChI=1S/C15H22ClNO2/c1-11-6-4-7-12(2)15(11)19-13(3)10-17-14(18)8-5-9-16/h4,6-7,13H,5,8-10H2,1-3H3,(H,17,18). The number of amides is 1. The number of carbonyl (C=O) groups excluding carboxylic acids is 1. The fraction of sp³-hybridized carbons (Fsp3) is 0.533. The molecule has 1 unspecified atom stereocenters. The Morgan fingerprint density at radius 1 is 1.37 bits per heavy atom. The van der Waals surface area contributed by atoms with Crippen molar-refractivity contribution in [1.82, 2.24) is 5.32 Å². The number of halogens is 1. The van der Waals surface area contributed by atoms with Gasteiger partial charge in [-0.25, -0.2) is 0 Å². The van der Waals surface area contributed by atoms with Gasteiger partial charge in [0.2, 0.25) is 5.91 Å². The third-order valence-electron chi connectivity index (χ3n) is 2.85. The van der Waals surface area contributed by atoms with E-state index < -0.39 is 0 Å². The van der Waals surface area contributed by atoms with Crippen molar-refractivity contribution in [3.63, 3.8) is 0 Å². The monoisotopic (exact) mass is 283 g/mol. The maximum atomic E-state index is 11.5. The number of ether oxygens (including phenoxy) is 1. The molecule has 19 heavy (non-hydrogen) atoms. The number of para-hydroxylation sites is 1. The van der Waals surface area contributed by atoms with Crippen LogP contribution in [0.15, 0.2) is 18.2 Å². The average Bonchev–Trinajstić information content (AvgIpc) is 2.38. The minimum absolute atomic E-state index is 0.0256. The second-order valence-corrected chi connectivity index (χ2v) is 5.12. The van der Waals surface area contributed by atoms with Crippen LogP contribution in [0.3, 0.4) is 0 Å². The minimum atomic E-state index is -0.0558. The fourth-order valence-electron chi connectivity index (χ4n) is 1.80. The van der Waals surface area contributed by atoms with Crippen molar-refractivity contribution in [2.75, 3.05) is 12.4 Å². The maximum Gasteiger partial charge on any atom is 0.220 e. The van der Waals surface area contributed by atoms with E-state index in [2.05, 4.69) is 5.32 Å². The first kappa shape index (κ1) is 15.8. The predicted octanol–water partition coefficient (Wildman–Crippen LogP) is 3.21. The van der Waals surface area contributed by atoms with Gasteiger partial charge < -0.3 is 10.1 Å². The quantitative estimate of drug-likeness (QED) is 0.781. The zero-order valence-corrected chi connectivity index (χ0v) is 12.6. The van der Waals surface area contributed by atoms with E-state index in [1.165, 1.54) is 0 Å². The molecule has 4 heteroatoms. The molecule has 3 nitrogen and oxygen atoms in total. The summed E-state index contributed by atoms with van der Waals surface area (Å²) in [5.74, 6) is 1.45. The molecule has 0 heterocycles. The zero-order chi connectivity index (χ0) is 14.3. The molecule has 0 radical (unpaired) electrons. The summed E-state index contributed by atoms with van der Waals surface area (Å²) in [7, 11) is 0. The summed E-state index contributed by atoms with van der Waals surface area (Å²) in [5.41, 5.74) is 2.22. The highest BCUT2D eigenvalue weighted by Crippen LogP contribution is 2.23. The second-order valence-electron chi connectivity index (χ2n) is 4.75. The van der Waals surface area contributed by atoms with Crippen LogP contribution in [0.4, 0.5) is 0 Å². The summed E-state index contributed by atoms with van der Waals surface area (Å²) in [6.45, 7) is 6.50. The van der Waals surface area contributed by atoms with E-state index in [9.17, 15) is 4.79 Å². The normalized spacial score (nSPS) is 12.0. The van der Waals surface area contributed by atoms with Crippen molar-refractivity contribution in [1.29, 1.82) is 0 Å².